The second kappa shape index (κ2) is 12.1. The number of rotatable bonds is 5. The third-order valence-corrected chi connectivity index (χ3v) is 11.7. The van der Waals surface area contributed by atoms with Crippen molar-refractivity contribution in [2.75, 3.05) is 12.0 Å². The second-order valence-corrected chi connectivity index (χ2v) is 14.4. The van der Waals surface area contributed by atoms with Crippen LogP contribution in [-0.2, 0) is 30.8 Å². The number of hydrogen-bond acceptors (Lipinski definition) is 7. The SMILES string of the molecule is CCN1C(=O)[C@H]2[C@H](CC=C3[C@H]2C[C@H]2C(=O)N(Nc4ncc(C(F)(F)F)cc4Cl)C(=O)[C@@]2(c2ccc(Cl)cc2)[C@H]3c2c(O)ccc3ccccc23)C1=O. The zero-order chi connectivity index (χ0) is 36.9. The van der Waals surface area contributed by atoms with Gasteiger partial charge in [-0.3, -0.25) is 29.5 Å². The molecule has 2 saturated heterocycles. The Hall–Kier alpha value is -4.94. The molecule has 0 unspecified atom stereocenters. The third-order valence-electron chi connectivity index (χ3n) is 11.2. The molecular formula is C38H29Cl2F3N4O5. The Morgan fingerprint density at radius 3 is 2.38 bits per heavy atom. The van der Waals surface area contributed by atoms with Gasteiger partial charge in [-0.1, -0.05) is 77.3 Å². The number of hydrazine groups is 1. The number of nitrogens with one attached hydrogen (secondary N) is 1. The van der Waals surface area contributed by atoms with E-state index in [1.165, 1.54) is 11.0 Å². The Balaban J connectivity index is 1.39. The van der Waals surface area contributed by atoms with E-state index in [1.54, 1.807) is 49.4 Å². The highest BCUT2D eigenvalue weighted by Crippen LogP contribution is 2.65. The number of fused-ring (bicyclic) bond motifs is 5. The number of halogens is 5. The van der Waals surface area contributed by atoms with Crippen molar-refractivity contribution >= 4 is 63.4 Å². The Kier molecular flexibility index (Phi) is 7.92. The molecule has 4 aromatic rings. The maximum atomic E-state index is 15.4. The molecule has 0 bridgehead atoms. The zero-order valence-electron chi connectivity index (χ0n) is 27.3. The van der Waals surface area contributed by atoms with Crippen molar-refractivity contribution in [1.29, 1.82) is 0 Å². The predicted octanol–water partition coefficient (Wildman–Crippen LogP) is 7.27. The Labute approximate surface area is 305 Å². The summed E-state index contributed by atoms with van der Waals surface area (Å²) in [5.41, 5.74) is 1.09. The molecule has 3 fully saturated rings. The number of amides is 4. The van der Waals surface area contributed by atoms with E-state index in [1.807, 2.05) is 18.2 Å². The first kappa shape index (κ1) is 34.2. The first-order valence-electron chi connectivity index (χ1n) is 16.7. The molecule has 8 rings (SSSR count). The number of anilines is 1. The lowest BCUT2D eigenvalue weighted by Gasteiger charge is -2.51. The van der Waals surface area contributed by atoms with Crippen LogP contribution >= 0.6 is 23.2 Å². The molecule has 2 aliphatic heterocycles. The summed E-state index contributed by atoms with van der Waals surface area (Å²) in [6.07, 6.45) is -2.15. The van der Waals surface area contributed by atoms with Gasteiger partial charge in [-0.2, -0.15) is 18.2 Å². The Morgan fingerprint density at radius 2 is 1.69 bits per heavy atom. The molecule has 266 valence electrons. The Morgan fingerprint density at radius 1 is 0.962 bits per heavy atom. The molecule has 4 aliphatic rings. The number of carbonyl (C=O) groups excluding carboxylic acids is 4. The lowest BCUT2D eigenvalue weighted by atomic mass is 9.48. The van der Waals surface area contributed by atoms with Gasteiger partial charge in [-0.25, -0.2) is 4.98 Å². The normalized spacial score (nSPS) is 27.1. The Bertz CT molecular complexity index is 2250. The number of phenols is 1. The third kappa shape index (κ3) is 4.80. The van der Waals surface area contributed by atoms with Gasteiger partial charge in [0.1, 0.15) is 5.75 Å². The molecule has 14 heteroatoms. The standard InChI is InChI=1S/C38H29Cl2F3N4O5/c1-2-46-33(49)24-13-12-23-25(29(24)35(46)51)16-26-34(50)47(45-32-27(40)15-20(17-44-32)38(41,42)43)36(52)37(26,19-8-10-21(39)11-9-19)31(23)30-22-6-4-3-5-18(22)7-14-28(30)48/h3-12,14-15,17,24-26,29,31,48H,2,13,16H2,1H3,(H,44,45)/t24-,25+,26-,29-,31+,37+/m0/s1. The molecule has 0 spiro atoms. The average molecular weight is 750 g/mol. The molecule has 4 amide bonds. The largest absolute Gasteiger partial charge is 0.508 e. The van der Waals surface area contributed by atoms with Crippen molar-refractivity contribution in [2.24, 2.45) is 23.7 Å². The van der Waals surface area contributed by atoms with Crippen molar-refractivity contribution in [2.45, 2.75) is 37.3 Å². The van der Waals surface area contributed by atoms with Gasteiger partial charge < -0.3 is 5.11 Å². The van der Waals surface area contributed by atoms with E-state index >= 15 is 4.79 Å². The number of allylic oxidation sites excluding steroid dienone is 2. The van der Waals surface area contributed by atoms with E-state index < -0.39 is 63.6 Å². The zero-order valence-corrected chi connectivity index (χ0v) is 28.8. The van der Waals surface area contributed by atoms with Crippen LogP contribution in [0.25, 0.3) is 10.8 Å². The first-order chi connectivity index (χ1) is 24.8. The van der Waals surface area contributed by atoms with E-state index in [9.17, 15) is 32.7 Å². The fourth-order valence-electron chi connectivity index (χ4n) is 9.06. The van der Waals surface area contributed by atoms with Crippen molar-refractivity contribution in [1.82, 2.24) is 14.9 Å². The lowest BCUT2D eigenvalue weighted by Crippen LogP contribution is -2.53. The summed E-state index contributed by atoms with van der Waals surface area (Å²) in [4.78, 5) is 62.7. The van der Waals surface area contributed by atoms with Crippen molar-refractivity contribution in [3.05, 3.63) is 111 Å². The van der Waals surface area contributed by atoms with Crippen LogP contribution in [0.15, 0.2) is 84.6 Å². The molecule has 0 radical (unpaired) electrons. The number of phenolic OH excluding ortho intramolecular Hbond substituents is 1. The van der Waals surface area contributed by atoms with Crippen LogP contribution in [0.4, 0.5) is 19.0 Å². The number of imide groups is 2. The summed E-state index contributed by atoms with van der Waals surface area (Å²) >= 11 is 12.6. The quantitative estimate of drug-likeness (QED) is 0.163. The summed E-state index contributed by atoms with van der Waals surface area (Å²) < 4.78 is 40.4. The number of carbonyl (C=O) groups is 4. The van der Waals surface area contributed by atoms with Gasteiger partial charge in [0, 0.05) is 29.2 Å². The smallest absolute Gasteiger partial charge is 0.417 e. The van der Waals surface area contributed by atoms with Gasteiger partial charge in [0.2, 0.25) is 11.8 Å². The van der Waals surface area contributed by atoms with Gasteiger partial charge in [-0.05, 0) is 66.3 Å². The highest BCUT2D eigenvalue weighted by Gasteiger charge is 2.70. The number of likely N-dealkylation sites (tertiary alicyclic amines) is 1. The maximum Gasteiger partial charge on any atom is 0.417 e. The predicted molar refractivity (Wildman–Crippen MR) is 185 cm³/mol. The summed E-state index contributed by atoms with van der Waals surface area (Å²) in [7, 11) is 0. The topological polar surface area (TPSA) is 120 Å². The van der Waals surface area contributed by atoms with Gasteiger partial charge in [0.25, 0.3) is 11.8 Å². The molecule has 1 aromatic heterocycles. The fourth-order valence-corrected chi connectivity index (χ4v) is 9.40. The molecular weight excluding hydrogens is 720 g/mol. The number of nitrogens with zero attached hydrogens (tertiary/aromatic N) is 3. The minimum absolute atomic E-state index is 0.0227. The molecule has 2 aliphatic carbocycles. The van der Waals surface area contributed by atoms with Crippen molar-refractivity contribution in [3.63, 3.8) is 0 Å². The van der Waals surface area contributed by atoms with Crippen LogP contribution in [0.3, 0.4) is 0 Å². The molecule has 1 saturated carbocycles. The van der Waals surface area contributed by atoms with Gasteiger partial charge in [0.15, 0.2) is 5.82 Å². The summed E-state index contributed by atoms with van der Waals surface area (Å²) in [6.45, 7) is 1.89. The van der Waals surface area contributed by atoms with Gasteiger partial charge in [-0.15, -0.1) is 0 Å². The summed E-state index contributed by atoms with van der Waals surface area (Å²) in [5, 5.41) is 13.7. The van der Waals surface area contributed by atoms with E-state index in [2.05, 4.69) is 10.4 Å². The number of alkyl halides is 3. The summed E-state index contributed by atoms with van der Waals surface area (Å²) in [5.74, 6) is -7.09. The average Bonchev–Trinajstić information content (AvgIpc) is 3.49. The maximum absolute atomic E-state index is 15.4. The minimum atomic E-state index is -4.75. The van der Waals surface area contributed by atoms with Crippen molar-refractivity contribution in [3.8, 4) is 5.75 Å². The molecule has 9 nitrogen and oxygen atoms in total. The molecule has 52 heavy (non-hydrogen) atoms. The fraction of sp³-hybridized carbons (Fsp3) is 0.289. The van der Waals surface area contributed by atoms with E-state index in [0.29, 0.717) is 39.4 Å². The number of aromatic hydroxyl groups is 1. The number of aromatic nitrogens is 1. The highest BCUT2D eigenvalue weighted by atomic mass is 35.5. The van der Waals surface area contributed by atoms with Crippen LogP contribution in [0.1, 0.15) is 42.4 Å². The van der Waals surface area contributed by atoms with Crippen LogP contribution in [0.2, 0.25) is 10.0 Å². The van der Waals surface area contributed by atoms with Crippen LogP contribution in [0, 0.1) is 23.7 Å². The number of benzene rings is 3. The van der Waals surface area contributed by atoms with E-state index in [-0.39, 0.29) is 42.8 Å². The monoisotopic (exact) mass is 748 g/mol. The van der Waals surface area contributed by atoms with E-state index in [4.69, 9.17) is 23.2 Å². The van der Waals surface area contributed by atoms with E-state index in [0.717, 1.165) is 10.4 Å². The molecule has 3 heterocycles. The first-order valence-corrected chi connectivity index (χ1v) is 17.4. The van der Waals surface area contributed by atoms with Crippen molar-refractivity contribution < 1.29 is 37.5 Å². The van der Waals surface area contributed by atoms with Crippen LogP contribution in [0.5, 0.6) is 5.75 Å². The lowest BCUT2D eigenvalue weighted by molar-refractivity contribution is -0.141. The van der Waals surface area contributed by atoms with Crippen LogP contribution < -0.4 is 5.43 Å². The van der Waals surface area contributed by atoms with Gasteiger partial charge >= 0.3 is 6.18 Å². The second-order valence-electron chi connectivity index (χ2n) is 13.6. The van der Waals surface area contributed by atoms with Crippen LogP contribution in [-0.4, -0.2) is 50.2 Å². The number of hydrogen-bond donors (Lipinski definition) is 2. The molecule has 3 aromatic carbocycles. The highest BCUT2D eigenvalue weighted by molar-refractivity contribution is 6.33. The minimum Gasteiger partial charge on any atom is -0.508 e. The molecule has 6 atom stereocenters. The molecule has 2 N–H and O–H groups in total. The summed E-state index contributed by atoms with van der Waals surface area (Å²) in [6, 6.07) is 17.6. The number of pyridine rings is 1. The van der Waals surface area contributed by atoms with Gasteiger partial charge in [0.05, 0.1) is 33.8 Å².